The average Bonchev–Trinajstić information content (AvgIpc) is 2.28. The summed E-state index contributed by atoms with van der Waals surface area (Å²) >= 11 is 0. The van der Waals surface area contributed by atoms with E-state index in [2.05, 4.69) is 9.97 Å². The summed E-state index contributed by atoms with van der Waals surface area (Å²) in [6, 6.07) is 1.71. The summed E-state index contributed by atoms with van der Waals surface area (Å²) in [4.78, 5) is 8.39. The fraction of sp³-hybridized carbons (Fsp3) is 0.600. The van der Waals surface area contributed by atoms with E-state index in [1.54, 1.807) is 20.3 Å². The lowest BCUT2D eigenvalue weighted by molar-refractivity contribution is 0.367. The largest absolute Gasteiger partial charge is 0.481 e. The molecule has 5 heteroatoms. The van der Waals surface area contributed by atoms with E-state index in [1.165, 1.54) is 0 Å². The molecule has 0 saturated heterocycles. The molecule has 2 N–H and O–H groups in total. The van der Waals surface area contributed by atoms with Crippen LogP contribution in [0.1, 0.15) is 19.2 Å². The molecule has 0 saturated carbocycles. The summed E-state index contributed by atoms with van der Waals surface area (Å²) in [5.74, 6) is 1.65. The Labute approximate surface area is 89.6 Å². The van der Waals surface area contributed by atoms with Crippen molar-refractivity contribution in [1.82, 2.24) is 9.97 Å². The number of ether oxygens (including phenoxy) is 2. The molecule has 0 aromatic carbocycles. The molecular weight excluding hydrogens is 194 g/mol. The van der Waals surface area contributed by atoms with E-state index in [9.17, 15) is 0 Å². The van der Waals surface area contributed by atoms with Gasteiger partial charge >= 0.3 is 0 Å². The predicted molar refractivity (Wildman–Crippen MR) is 57.1 cm³/mol. The van der Waals surface area contributed by atoms with Gasteiger partial charge in [-0.1, -0.05) is 6.92 Å². The molecule has 1 aromatic rings. The highest BCUT2D eigenvalue weighted by molar-refractivity contribution is 5.21. The minimum atomic E-state index is 0.0711. The summed E-state index contributed by atoms with van der Waals surface area (Å²) in [7, 11) is 3.12. The highest BCUT2D eigenvalue weighted by Crippen LogP contribution is 2.15. The molecule has 0 radical (unpaired) electrons. The first-order valence-electron chi connectivity index (χ1n) is 4.91. The molecule has 0 aliphatic rings. The third-order valence-corrected chi connectivity index (χ3v) is 2.11. The fourth-order valence-corrected chi connectivity index (χ4v) is 1.13. The molecular formula is C10H17N3O2. The Morgan fingerprint density at radius 1 is 1.27 bits per heavy atom. The zero-order valence-electron chi connectivity index (χ0n) is 9.36. The number of methoxy groups -OCH3 is 2. The van der Waals surface area contributed by atoms with Crippen molar-refractivity contribution in [3.63, 3.8) is 0 Å². The van der Waals surface area contributed by atoms with E-state index in [4.69, 9.17) is 15.2 Å². The Bertz CT molecular complexity index is 295. The summed E-state index contributed by atoms with van der Waals surface area (Å²) in [5.41, 5.74) is 5.83. The highest BCUT2D eigenvalue weighted by Gasteiger charge is 2.08. The van der Waals surface area contributed by atoms with Gasteiger partial charge in [0.05, 0.1) is 20.3 Å². The van der Waals surface area contributed by atoms with Crippen LogP contribution in [-0.4, -0.2) is 30.2 Å². The molecule has 0 fully saturated rings. The second kappa shape index (κ2) is 5.50. The quantitative estimate of drug-likeness (QED) is 0.779. The van der Waals surface area contributed by atoms with E-state index in [1.807, 2.05) is 6.92 Å². The minimum absolute atomic E-state index is 0.0711. The molecule has 84 valence electrons. The van der Waals surface area contributed by atoms with E-state index in [0.717, 1.165) is 6.42 Å². The zero-order valence-corrected chi connectivity index (χ0v) is 9.36. The van der Waals surface area contributed by atoms with Gasteiger partial charge in [-0.3, -0.25) is 0 Å². The van der Waals surface area contributed by atoms with Crippen LogP contribution in [0.15, 0.2) is 6.07 Å². The van der Waals surface area contributed by atoms with Crippen molar-refractivity contribution in [2.75, 3.05) is 14.2 Å². The average molecular weight is 211 g/mol. The van der Waals surface area contributed by atoms with Gasteiger partial charge in [-0.2, -0.15) is 9.97 Å². The summed E-state index contributed by atoms with van der Waals surface area (Å²) < 4.78 is 10.1. The molecule has 0 aliphatic heterocycles. The lowest BCUT2D eigenvalue weighted by Crippen LogP contribution is -2.22. The molecule has 0 aliphatic carbocycles. The zero-order chi connectivity index (χ0) is 11.3. The van der Waals surface area contributed by atoms with Crippen LogP contribution in [0.2, 0.25) is 0 Å². The maximum Gasteiger partial charge on any atom is 0.220 e. The van der Waals surface area contributed by atoms with Crippen molar-refractivity contribution in [3.05, 3.63) is 11.9 Å². The number of nitrogens with two attached hydrogens (primary N) is 1. The van der Waals surface area contributed by atoms with Gasteiger partial charge in [0.15, 0.2) is 0 Å². The topological polar surface area (TPSA) is 70.3 Å². The Balaban J connectivity index is 2.86. The standard InChI is InChI=1S/C10H17N3O2/c1-4-7(11)5-8-12-9(14-2)6-10(13-8)15-3/h6-7H,4-5,11H2,1-3H3. The summed E-state index contributed by atoms with van der Waals surface area (Å²) in [5, 5.41) is 0. The monoisotopic (exact) mass is 211 g/mol. The van der Waals surface area contributed by atoms with Crippen molar-refractivity contribution < 1.29 is 9.47 Å². The van der Waals surface area contributed by atoms with E-state index >= 15 is 0 Å². The third-order valence-electron chi connectivity index (χ3n) is 2.11. The Morgan fingerprint density at radius 2 is 1.80 bits per heavy atom. The second-order valence-corrected chi connectivity index (χ2v) is 3.24. The van der Waals surface area contributed by atoms with Gasteiger partial charge in [-0.05, 0) is 6.42 Å². The molecule has 1 heterocycles. The third kappa shape index (κ3) is 3.36. The lowest BCUT2D eigenvalue weighted by atomic mass is 10.1. The molecule has 1 unspecified atom stereocenters. The van der Waals surface area contributed by atoms with Crippen molar-refractivity contribution >= 4 is 0 Å². The van der Waals surface area contributed by atoms with Crippen LogP contribution in [-0.2, 0) is 6.42 Å². The van der Waals surface area contributed by atoms with Gasteiger partial charge in [0.2, 0.25) is 11.8 Å². The van der Waals surface area contributed by atoms with Crippen LogP contribution in [0.4, 0.5) is 0 Å². The van der Waals surface area contributed by atoms with Gasteiger partial charge in [0, 0.05) is 12.5 Å². The van der Waals surface area contributed by atoms with Crippen molar-refractivity contribution in [1.29, 1.82) is 0 Å². The van der Waals surface area contributed by atoms with E-state index in [-0.39, 0.29) is 6.04 Å². The molecule has 1 atom stereocenters. The minimum Gasteiger partial charge on any atom is -0.481 e. The van der Waals surface area contributed by atoms with Crippen molar-refractivity contribution in [2.45, 2.75) is 25.8 Å². The maximum absolute atomic E-state index is 5.83. The number of hydrogen-bond donors (Lipinski definition) is 1. The first-order valence-corrected chi connectivity index (χ1v) is 4.91. The Hall–Kier alpha value is -1.36. The molecule has 1 aromatic heterocycles. The molecule has 0 spiro atoms. The molecule has 0 bridgehead atoms. The maximum atomic E-state index is 5.83. The van der Waals surface area contributed by atoms with Gasteiger partial charge < -0.3 is 15.2 Å². The highest BCUT2D eigenvalue weighted by atomic mass is 16.5. The van der Waals surface area contributed by atoms with Gasteiger partial charge in [0.1, 0.15) is 5.82 Å². The van der Waals surface area contributed by atoms with Crippen molar-refractivity contribution in [2.24, 2.45) is 5.73 Å². The van der Waals surface area contributed by atoms with Crippen molar-refractivity contribution in [3.8, 4) is 11.8 Å². The van der Waals surface area contributed by atoms with Crippen LogP contribution in [0.3, 0.4) is 0 Å². The van der Waals surface area contributed by atoms with Gasteiger partial charge in [-0.25, -0.2) is 0 Å². The fourth-order valence-electron chi connectivity index (χ4n) is 1.13. The smallest absolute Gasteiger partial charge is 0.220 e. The number of rotatable bonds is 5. The Morgan fingerprint density at radius 3 is 2.20 bits per heavy atom. The lowest BCUT2D eigenvalue weighted by Gasteiger charge is -2.09. The SMILES string of the molecule is CCC(N)Cc1nc(OC)cc(OC)n1. The van der Waals surface area contributed by atoms with Gasteiger partial charge in [0.25, 0.3) is 0 Å². The number of hydrogen-bond acceptors (Lipinski definition) is 5. The van der Waals surface area contributed by atoms with Crippen LogP contribution in [0.25, 0.3) is 0 Å². The van der Waals surface area contributed by atoms with Gasteiger partial charge in [-0.15, -0.1) is 0 Å². The van der Waals surface area contributed by atoms with Crippen LogP contribution >= 0.6 is 0 Å². The molecule has 1 rings (SSSR count). The molecule has 0 amide bonds. The van der Waals surface area contributed by atoms with Crippen LogP contribution < -0.4 is 15.2 Å². The number of nitrogens with zero attached hydrogens (tertiary/aromatic N) is 2. The summed E-state index contributed by atoms with van der Waals surface area (Å²) in [6.45, 7) is 2.03. The Kier molecular flexibility index (Phi) is 4.30. The predicted octanol–water partition coefficient (Wildman–Crippen LogP) is 0.774. The first kappa shape index (κ1) is 11.7. The molecule has 15 heavy (non-hydrogen) atoms. The van der Waals surface area contributed by atoms with Crippen LogP contribution in [0.5, 0.6) is 11.8 Å². The van der Waals surface area contributed by atoms with E-state index in [0.29, 0.717) is 24.0 Å². The molecule has 5 nitrogen and oxygen atoms in total. The first-order chi connectivity index (χ1) is 7.19. The number of aromatic nitrogens is 2. The van der Waals surface area contributed by atoms with Crippen LogP contribution in [0, 0.1) is 0 Å². The summed E-state index contributed by atoms with van der Waals surface area (Å²) in [6.07, 6.45) is 1.52. The van der Waals surface area contributed by atoms with E-state index < -0.39 is 0 Å². The normalized spacial score (nSPS) is 12.3. The second-order valence-electron chi connectivity index (χ2n) is 3.24.